The van der Waals surface area contributed by atoms with Gasteiger partial charge in [-0.05, 0) is 47.5 Å². The fourth-order valence-electron chi connectivity index (χ4n) is 5.06. The van der Waals surface area contributed by atoms with E-state index >= 15 is 0 Å². The second-order valence-corrected chi connectivity index (χ2v) is 11.2. The van der Waals surface area contributed by atoms with Crippen molar-refractivity contribution in [3.05, 3.63) is 73.2 Å². The van der Waals surface area contributed by atoms with E-state index in [0.29, 0.717) is 28.1 Å². The molecule has 4 heterocycles. The number of benzene rings is 1. The molecule has 0 unspecified atom stereocenters. The summed E-state index contributed by atoms with van der Waals surface area (Å²) in [6, 6.07) is 4.21. The van der Waals surface area contributed by atoms with Crippen molar-refractivity contribution in [2.24, 2.45) is 0 Å². The Bertz CT molecular complexity index is 1840. The Balaban J connectivity index is 1.43. The van der Waals surface area contributed by atoms with Gasteiger partial charge in [-0.15, -0.1) is 0 Å². The summed E-state index contributed by atoms with van der Waals surface area (Å²) >= 11 is 9.32. The summed E-state index contributed by atoms with van der Waals surface area (Å²) in [5.41, 5.74) is -0.0663. The molecule has 1 aliphatic heterocycles. The highest BCUT2D eigenvalue weighted by atomic mass is 79.9. The summed E-state index contributed by atoms with van der Waals surface area (Å²) < 4.78 is 42.3. The topological polar surface area (TPSA) is 138 Å². The Hall–Kier alpha value is -4.18. The number of amides is 2. The maximum absolute atomic E-state index is 13.7. The molecule has 1 aliphatic rings. The van der Waals surface area contributed by atoms with Crippen LogP contribution < -0.4 is 15.8 Å². The van der Waals surface area contributed by atoms with Crippen molar-refractivity contribution in [3.8, 4) is 5.75 Å². The molecule has 0 bridgehead atoms. The highest BCUT2D eigenvalue weighted by Gasteiger charge is 2.32. The number of rotatable bonds is 6. The number of aromatic hydroxyl groups is 1. The van der Waals surface area contributed by atoms with Crippen molar-refractivity contribution in [1.29, 1.82) is 0 Å². The fraction of sp³-hybridized carbons (Fsp3) is 0.333. The molecule has 4 aromatic rings. The van der Waals surface area contributed by atoms with Gasteiger partial charge in [-0.3, -0.25) is 14.4 Å². The van der Waals surface area contributed by atoms with E-state index < -0.39 is 29.1 Å². The molecule has 0 aliphatic carbocycles. The number of fused-ring (bicyclic) bond motifs is 1. The van der Waals surface area contributed by atoms with Crippen molar-refractivity contribution in [3.63, 3.8) is 0 Å². The summed E-state index contributed by atoms with van der Waals surface area (Å²) in [5, 5.41) is 16.8. The lowest BCUT2D eigenvalue weighted by molar-refractivity contribution is -0.137. The largest absolute Gasteiger partial charge is 0.504 e. The molecule has 1 fully saturated rings. The molecule has 1 saturated heterocycles. The van der Waals surface area contributed by atoms with Crippen LogP contribution in [0.1, 0.15) is 34.4 Å². The molecule has 0 radical (unpaired) electrons. The number of carbonyl (C=O) groups is 2. The van der Waals surface area contributed by atoms with Crippen LogP contribution in [0, 0.1) is 6.92 Å². The van der Waals surface area contributed by atoms with E-state index in [2.05, 4.69) is 36.3 Å². The fourth-order valence-corrected chi connectivity index (χ4v) is 5.65. The zero-order valence-corrected chi connectivity index (χ0v) is 25.7. The Labute approximate surface area is 261 Å². The van der Waals surface area contributed by atoms with Gasteiger partial charge in [-0.1, -0.05) is 18.5 Å². The van der Waals surface area contributed by atoms with Crippen LogP contribution in [0.15, 0.2) is 40.0 Å². The van der Waals surface area contributed by atoms with Crippen LogP contribution in [0.3, 0.4) is 0 Å². The van der Waals surface area contributed by atoms with Crippen molar-refractivity contribution in [2.45, 2.75) is 33.0 Å². The number of nitrogens with one attached hydrogen (secondary N) is 1. The first-order valence-electron chi connectivity index (χ1n) is 13.3. The second kappa shape index (κ2) is 12.1. The van der Waals surface area contributed by atoms with Gasteiger partial charge in [-0.25, -0.2) is 9.97 Å². The van der Waals surface area contributed by atoms with Crippen LogP contribution in [0.5, 0.6) is 5.75 Å². The Kier molecular flexibility index (Phi) is 8.57. The summed E-state index contributed by atoms with van der Waals surface area (Å²) in [4.78, 5) is 51.1. The molecule has 12 nitrogen and oxygen atoms in total. The molecule has 1 aromatic carbocycles. The molecule has 3 aromatic heterocycles. The number of aryl methyl sites for hydroxylation is 1. The first kappa shape index (κ1) is 31.3. The Morgan fingerprint density at radius 1 is 1.14 bits per heavy atom. The number of anilines is 2. The minimum atomic E-state index is -4.59. The second-order valence-electron chi connectivity index (χ2n) is 9.95. The monoisotopic (exact) mass is 696 g/mol. The lowest BCUT2D eigenvalue weighted by Crippen LogP contribution is -2.51. The molecule has 5 rings (SSSR count). The van der Waals surface area contributed by atoms with Gasteiger partial charge in [0.1, 0.15) is 28.8 Å². The van der Waals surface area contributed by atoms with Crippen LogP contribution in [-0.2, 0) is 23.9 Å². The van der Waals surface area contributed by atoms with Crippen LogP contribution in [0.4, 0.5) is 24.5 Å². The zero-order valence-electron chi connectivity index (χ0n) is 23.3. The maximum atomic E-state index is 13.7. The van der Waals surface area contributed by atoms with Gasteiger partial charge in [0, 0.05) is 37.9 Å². The highest BCUT2D eigenvalue weighted by molar-refractivity contribution is 9.10. The van der Waals surface area contributed by atoms with E-state index in [1.807, 2.05) is 11.8 Å². The van der Waals surface area contributed by atoms with E-state index in [-0.39, 0.29) is 60.6 Å². The molecule has 232 valence electrons. The molecular formula is C27H25BrClF3N8O4. The number of aromatic nitrogens is 5. The van der Waals surface area contributed by atoms with Crippen LogP contribution in [0.2, 0.25) is 5.02 Å². The number of halogens is 5. The molecule has 17 heteroatoms. The minimum absolute atomic E-state index is 0.000369. The molecule has 0 spiro atoms. The SMILES string of the molecule is CCc1c(N2CCN(C(=O)c3ncnc(C)c3O)CC2)c(=O)n2nc(Br)cc2n1CC(=O)Nc1ccc(C(F)(F)F)cc1Cl. The summed E-state index contributed by atoms with van der Waals surface area (Å²) in [5.74, 6) is -1.35. The lowest BCUT2D eigenvalue weighted by atomic mass is 10.2. The third kappa shape index (κ3) is 5.95. The van der Waals surface area contributed by atoms with Gasteiger partial charge < -0.3 is 24.8 Å². The van der Waals surface area contributed by atoms with Gasteiger partial charge in [0.05, 0.1) is 22.0 Å². The van der Waals surface area contributed by atoms with Gasteiger partial charge >= 0.3 is 6.18 Å². The Morgan fingerprint density at radius 2 is 1.84 bits per heavy atom. The van der Waals surface area contributed by atoms with Gasteiger partial charge in [0.15, 0.2) is 11.4 Å². The number of nitrogens with zero attached hydrogens (tertiary/aromatic N) is 7. The molecule has 2 N–H and O–H groups in total. The summed E-state index contributed by atoms with van der Waals surface area (Å²) in [6.45, 7) is 4.04. The highest BCUT2D eigenvalue weighted by Crippen LogP contribution is 2.34. The van der Waals surface area contributed by atoms with Crippen LogP contribution in [-0.4, -0.2) is 72.1 Å². The lowest BCUT2D eigenvalue weighted by Gasteiger charge is -2.36. The Morgan fingerprint density at radius 3 is 2.48 bits per heavy atom. The zero-order chi connectivity index (χ0) is 31.9. The average molecular weight is 698 g/mol. The number of hydrogen-bond acceptors (Lipinski definition) is 8. The maximum Gasteiger partial charge on any atom is 0.416 e. The number of hydrogen-bond donors (Lipinski definition) is 2. The van der Waals surface area contributed by atoms with Crippen LogP contribution >= 0.6 is 27.5 Å². The van der Waals surface area contributed by atoms with Crippen LogP contribution in [0.25, 0.3) is 5.65 Å². The van der Waals surface area contributed by atoms with E-state index in [1.165, 1.54) is 11.2 Å². The van der Waals surface area contributed by atoms with E-state index in [9.17, 15) is 32.7 Å². The molecule has 0 atom stereocenters. The van der Waals surface area contributed by atoms with E-state index in [0.717, 1.165) is 22.7 Å². The standard InChI is InChI=1S/C27H25BrClF3N8O4/c1-3-18-23(37-6-8-38(9-7-37)25(43)22-24(42)14(2)33-13-34-22)26(44)40-21(11-19(28)36-40)39(18)12-20(41)35-17-5-4-15(10-16(17)29)27(30,31)32/h4-5,10-11,13,42H,3,6-9,12H2,1-2H3,(H,35,41). The van der Waals surface area contributed by atoms with Crippen molar-refractivity contribution < 1.29 is 27.9 Å². The number of piperazine rings is 1. The van der Waals surface area contributed by atoms with E-state index in [1.54, 1.807) is 17.6 Å². The normalized spacial score (nSPS) is 13.9. The first-order valence-corrected chi connectivity index (χ1v) is 14.5. The molecule has 0 saturated carbocycles. The van der Waals surface area contributed by atoms with Crippen molar-refractivity contribution in [2.75, 3.05) is 36.4 Å². The third-order valence-electron chi connectivity index (χ3n) is 7.23. The predicted molar refractivity (Wildman–Crippen MR) is 158 cm³/mol. The first-order chi connectivity index (χ1) is 20.8. The number of carbonyl (C=O) groups excluding carboxylic acids is 2. The van der Waals surface area contributed by atoms with Gasteiger partial charge in [-0.2, -0.15) is 22.8 Å². The average Bonchev–Trinajstić information content (AvgIpc) is 3.38. The third-order valence-corrected chi connectivity index (χ3v) is 7.93. The minimum Gasteiger partial charge on any atom is -0.504 e. The van der Waals surface area contributed by atoms with Gasteiger partial charge in [0.25, 0.3) is 11.5 Å². The number of alkyl halides is 3. The van der Waals surface area contributed by atoms with E-state index in [4.69, 9.17) is 11.6 Å². The van der Waals surface area contributed by atoms with Crippen molar-refractivity contribution in [1.82, 2.24) is 29.0 Å². The summed E-state index contributed by atoms with van der Waals surface area (Å²) in [7, 11) is 0. The molecule has 2 amide bonds. The smallest absolute Gasteiger partial charge is 0.416 e. The summed E-state index contributed by atoms with van der Waals surface area (Å²) in [6.07, 6.45) is -3.05. The molecule has 44 heavy (non-hydrogen) atoms. The predicted octanol–water partition coefficient (Wildman–Crippen LogP) is 3.90. The van der Waals surface area contributed by atoms with Gasteiger partial charge in [0.2, 0.25) is 5.91 Å². The van der Waals surface area contributed by atoms with Crippen molar-refractivity contribution >= 4 is 56.4 Å². The quantitative estimate of drug-likeness (QED) is 0.310. The molecular weight excluding hydrogens is 673 g/mol.